The molecule has 23 heavy (non-hydrogen) atoms. The SMILES string of the molecule is CC(C)(N)C(=O)NC1CCN(CC(=O)Nc2ccccc2)CC1. The first-order chi connectivity index (χ1) is 10.8. The van der Waals surface area contributed by atoms with Gasteiger partial charge in [0.2, 0.25) is 11.8 Å². The number of carbonyl (C=O) groups is 2. The van der Waals surface area contributed by atoms with Gasteiger partial charge in [0.05, 0.1) is 12.1 Å². The van der Waals surface area contributed by atoms with Gasteiger partial charge in [-0.2, -0.15) is 0 Å². The van der Waals surface area contributed by atoms with Crippen molar-refractivity contribution in [1.82, 2.24) is 10.2 Å². The standard InChI is InChI=1S/C17H26N4O2/c1-17(2,18)16(23)20-14-8-10-21(11-9-14)12-15(22)19-13-6-4-3-5-7-13/h3-7,14H,8-12,18H2,1-2H3,(H,19,22)(H,20,23). The second-order valence-corrected chi connectivity index (χ2v) is 6.66. The van der Waals surface area contributed by atoms with Crippen LogP contribution in [0.4, 0.5) is 5.69 Å². The number of nitrogens with one attached hydrogen (secondary N) is 2. The molecule has 0 spiro atoms. The number of para-hydroxylation sites is 1. The zero-order valence-electron chi connectivity index (χ0n) is 13.8. The lowest BCUT2D eigenvalue weighted by Gasteiger charge is -2.33. The first kappa shape index (κ1) is 17.4. The first-order valence-corrected chi connectivity index (χ1v) is 8.02. The van der Waals surface area contributed by atoms with Crippen LogP contribution in [0.25, 0.3) is 0 Å². The summed E-state index contributed by atoms with van der Waals surface area (Å²) in [4.78, 5) is 26.0. The molecule has 0 unspecified atom stereocenters. The summed E-state index contributed by atoms with van der Waals surface area (Å²) in [7, 11) is 0. The van der Waals surface area contributed by atoms with Gasteiger partial charge in [-0.15, -0.1) is 0 Å². The number of carbonyl (C=O) groups excluding carboxylic acids is 2. The van der Waals surface area contributed by atoms with Gasteiger partial charge in [-0.1, -0.05) is 18.2 Å². The van der Waals surface area contributed by atoms with E-state index in [1.165, 1.54) is 0 Å². The van der Waals surface area contributed by atoms with Crippen molar-refractivity contribution in [2.75, 3.05) is 25.0 Å². The Morgan fingerprint density at radius 1 is 1.22 bits per heavy atom. The maximum atomic E-state index is 12.0. The minimum atomic E-state index is -0.854. The van der Waals surface area contributed by atoms with Crippen LogP contribution in [0.3, 0.4) is 0 Å². The summed E-state index contributed by atoms with van der Waals surface area (Å²) in [6.07, 6.45) is 1.67. The maximum Gasteiger partial charge on any atom is 0.239 e. The van der Waals surface area contributed by atoms with Crippen LogP contribution in [0.15, 0.2) is 30.3 Å². The van der Waals surface area contributed by atoms with Gasteiger partial charge < -0.3 is 16.4 Å². The predicted octanol–water partition coefficient (Wildman–Crippen LogP) is 0.943. The van der Waals surface area contributed by atoms with E-state index < -0.39 is 5.54 Å². The number of amides is 2. The lowest BCUT2D eigenvalue weighted by molar-refractivity contribution is -0.126. The van der Waals surface area contributed by atoms with Gasteiger partial charge in [-0.05, 0) is 38.8 Å². The normalized spacial score (nSPS) is 16.8. The highest BCUT2D eigenvalue weighted by molar-refractivity contribution is 5.92. The van der Waals surface area contributed by atoms with E-state index in [0.29, 0.717) is 6.54 Å². The van der Waals surface area contributed by atoms with E-state index in [-0.39, 0.29) is 17.9 Å². The van der Waals surface area contributed by atoms with Crippen molar-refractivity contribution in [3.63, 3.8) is 0 Å². The Bertz CT molecular complexity index is 531. The minimum Gasteiger partial charge on any atom is -0.352 e. The molecule has 0 radical (unpaired) electrons. The van der Waals surface area contributed by atoms with Gasteiger partial charge >= 0.3 is 0 Å². The Kier molecular flexibility index (Phi) is 5.74. The van der Waals surface area contributed by atoms with Crippen LogP contribution in [0.1, 0.15) is 26.7 Å². The Morgan fingerprint density at radius 3 is 2.39 bits per heavy atom. The van der Waals surface area contributed by atoms with Crippen LogP contribution in [0.2, 0.25) is 0 Å². The molecule has 0 aliphatic carbocycles. The molecule has 1 saturated heterocycles. The molecule has 0 aromatic heterocycles. The van der Waals surface area contributed by atoms with Crippen molar-refractivity contribution in [1.29, 1.82) is 0 Å². The summed E-state index contributed by atoms with van der Waals surface area (Å²) in [5.41, 5.74) is 5.74. The topological polar surface area (TPSA) is 87.5 Å². The lowest BCUT2D eigenvalue weighted by Crippen LogP contribution is -2.54. The average molecular weight is 318 g/mol. The van der Waals surface area contributed by atoms with Crippen molar-refractivity contribution in [2.45, 2.75) is 38.3 Å². The smallest absolute Gasteiger partial charge is 0.239 e. The summed E-state index contributed by atoms with van der Waals surface area (Å²) in [5, 5.41) is 5.87. The lowest BCUT2D eigenvalue weighted by atomic mass is 10.0. The maximum absolute atomic E-state index is 12.0. The average Bonchev–Trinajstić information content (AvgIpc) is 2.49. The monoisotopic (exact) mass is 318 g/mol. The largest absolute Gasteiger partial charge is 0.352 e. The highest BCUT2D eigenvalue weighted by Gasteiger charge is 2.27. The van der Waals surface area contributed by atoms with Crippen molar-refractivity contribution >= 4 is 17.5 Å². The highest BCUT2D eigenvalue weighted by Crippen LogP contribution is 2.12. The van der Waals surface area contributed by atoms with Crippen LogP contribution in [-0.2, 0) is 9.59 Å². The zero-order chi connectivity index (χ0) is 16.9. The number of hydrogen-bond donors (Lipinski definition) is 3. The van der Waals surface area contributed by atoms with Gasteiger partial charge in [-0.3, -0.25) is 14.5 Å². The Hall–Kier alpha value is -1.92. The molecule has 1 aromatic carbocycles. The van der Waals surface area contributed by atoms with Crippen molar-refractivity contribution in [3.8, 4) is 0 Å². The van der Waals surface area contributed by atoms with Gasteiger partial charge in [0.25, 0.3) is 0 Å². The van der Waals surface area contributed by atoms with Crippen LogP contribution in [-0.4, -0.2) is 47.9 Å². The van der Waals surface area contributed by atoms with Crippen molar-refractivity contribution in [2.24, 2.45) is 5.73 Å². The van der Waals surface area contributed by atoms with E-state index in [2.05, 4.69) is 15.5 Å². The van der Waals surface area contributed by atoms with E-state index in [9.17, 15) is 9.59 Å². The number of nitrogens with two attached hydrogens (primary N) is 1. The van der Waals surface area contributed by atoms with Crippen LogP contribution in [0, 0.1) is 0 Å². The third-order valence-electron chi connectivity index (χ3n) is 3.93. The summed E-state index contributed by atoms with van der Waals surface area (Å²) in [6, 6.07) is 9.57. The quantitative estimate of drug-likeness (QED) is 0.754. The van der Waals surface area contributed by atoms with E-state index in [1.54, 1.807) is 13.8 Å². The van der Waals surface area contributed by atoms with Gasteiger partial charge in [-0.25, -0.2) is 0 Å². The third kappa shape index (κ3) is 5.65. The van der Waals surface area contributed by atoms with Crippen molar-refractivity contribution in [3.05, 3.63) is 30.3 Å². The number of hydrogen-bond acceptors (Lipinski definition) is 4. The predicted molar refractivity (Wildman–Crippen MR) is 90.9 cm³/mol. The highest BCUT2D eigenvalue weighted by atomic mass is 16.2. The van der Waals surface area contributed by atoms with Crippen molar-refractivity contribution < 1.29 is 9.59 Å². The molecular formula is C17H26N4O2. The van der Waals surface area contributed by atoms with E-state index >= 15 is 0 Å². The molecule has 0 saturated carbocycles. The van der Waals surface area contributed by atoms with E-state index in [4.69, 9.17) is 5.73 Å². The van der Waals surface area contributed by atoms with Crippen LogP contribution < -0.4 is 16.4 Å². The molecule has 0 bridgehead atoms. The molecule has 1 aliphatic rings. The Balaban J connectivity index is 1.72. The van der Waals surface area contributed by atoms with Gasteiger partial charge in [0.1, 0.15) is 0 Å². The molecule has 0 atom stereocenters. The third-order valence-corrected chi connectivity index (χ3v) is 3.93. The number of anilines is 1. The fourth-order valence-corrected chi connectivity index (χ4v) is 2.53. The number of rotatable bonds is 5. The van der Waals surface area contributed by atoms with Gasteiger partial charge in [0, 0.05) is 24.8 Å². The minimum absolute atomic E-state index is 0.0122. The first-order valence-electron chi connectivity index (χ1n) is 8.02. The number of likely N-dealkylation sites (tertiary alicyclic amines) is 1. The molecule has 1 fully saturated rings. The Morgan fingerprint density at radius 2 is 1.83 bits per heavy atom. The van der Waals surface area contributed by atoms with E-state index in [1.807, 2.05) is 30.3 Å². The molecule has 1 aliphatic heterocycles. The molecule has 1 aromatic rings. The fourth-order valence-electron chi connectivity index (χ4n) is 2.53. The van der Waals surface area contributed by atoms with Gasteiger partial charge in [0.15, 0.2) is 0 Å². The molecule has 2 rings (SSSR count). The Labute approximate surface area is 137 Å². The molecule has 6 heteroatoms. The molecule has 126 valence electrons. The zero-order valence-corrected chi connectivity index (χ0v) is 13.8. The summed E-state index contributed by atoms with van der Waals surface area (Å²) in [6.45, 7) is 5.35. The number of nitrogens with zero attached hydrogens (tertiary/aromatic N) is 1. The van der Waals surface area contributed by atoms with Crippen LogP contribution in [0.5, 0.6) is 0 Å². The summed E-state index contributed by atoms with van der Waals surface area (Å²) in [5.74, 6) is -0.139. The molecule has 6 nitrogen and oxygen atoms in total. The second-order valence-electron chi connectivity index (χ2n) is 6.66. The van der Waals surface area contributed by atoms with E-state index in [0.717, 1.165) is 31.6 Å². The van der Waals surface area contributed by atoms with Crippen LogP contribution >= 0.6 is 0 Å². The molecule has 1 heterocycles. The fraction of sp³-hybridized carbons (Fsp3) is 0.529. The summed E-state index contributed by atoms with van der Waals surface area (Å²) < 4.78 is 0. The number of piperidine rings is 1. The molecular weight excluding hydrogens is 292 g/mol. The second kappa shape index (κ2) is 7.57. The molecule has 2 amide bonds. The number of benzene rings is 1. The molecule has 4 N–H and O–H groups in total. The summed E-state index contributed by atoms with van der Waals surface area (Å²) >= 11 is 0.